The fourth-order valence-corrected chi connectivity index (χ4v) is 3.69. The highest BCUT2D eigenvalue weighted by molar-refractivity contribution is 7.11. The maximum Gasteiger partial charge on any atom is 0.123 e. The first-order chi connectivity index (χ1) is 9.16. The Morgan fingerprint density at radius 1 is 1.20 bits per heavy atom. The van der Waals surface area contributed by atoms with Crippen molar-refractivity contribution in [2.45, 2.75) is 73.1 Å². The summed E-state index contributed by atoms with van der Waals surface area (Å²) in [6.07, 6.45) is 0.0535. The lowest BCUT2D eigenvalue weighted by Crippen LogP contribution is -2.22. The van der Waals surface area contributed by atoms with Crippen molar-refractivity contribution < 1.29 is 4.74 Å². The monoisotopic (exact) mass is 298 g/mol. The van der Waals surface area contributed by atoms with Gasteiger partial charge in [0.05, 0.1) is 5.69 Å². The van der Waals surface area contributed by atoms with Crippen LogP contribution in [0.25, 0.3) is 0 Å². The molecule has 1 aromatic heterocycles. The third-order valence-corrected chi connectivity index (χ3v) is 4.32. The zero-order valence-corrected chi connectivity index (χ0v) is 15.0. The highest BCUT2D eigenvalue weighted by atomic mass is 32.1. The molecule has 1 unspecified atom stereocenters. The summed E-state index contributed by atoms with van der Waals surface area (Å²) in [7, 11) is 1.78. The lowest BCUT2D eigenvalue weighted by atomic mass is 9.89. The largest absolute Gasteiger partial charge is 0.374 e. The fraction of sp³-hybridized carbons (Fsp3) is 0.812. The maximum absolute atomic E-state index is 5.70. The van der Waals surface area contributed by atoms with E-state index in [1.54, 1.807) is 18.4 Å². The Bertz CT molecular complexity index is 419. The van der Waals surface area contributed by atoms with E-state index in [0.717, 1.165) is 11.6 Å². The molecule has 0 aliphatic rings. The number of hydrogen-bond donors (Lipinski definition) is 1. The summed E-state index contributed by atoms with van der Waals surface area (Å²) in [5.74, 6) is 0.446. The smallest absolute Gasteiger partial charge is 0.123 e. The van der Waals surface area contributed by atoms with E-state index in [0.29, 0.717) is 12.0 Å². The number of rotatable bonds is 6. The first-order valence-electron chi connectivity index (χ1n) is 7.42. The lowest BCUT2D eigenvalue weighted by molar-refractivity contribution is 0.0149. The zero-order valence-electron chi connectivity index (χ0n) is 14.2. The lowest BCUT2D eigenvalue weighted by Gasteiger charge is -2.27. The van der Waals surface area contributed by atoms with Crippen molar-refractivity contribution in [3.8, 4) is 0 Å². The van der Waals surface area contributed by atoms with Gasteiger partial charge in [0, 0.05) is 24.6 Å². The third kappa shape index (κ3) is 4.54. The molecule has 1 aromatic rings. The van der Waals surface area contributed by atoms with Crippen molar-refractivity contribution in [2.75, 3.05) is 7.11 Å². The van der Waals surface area contributed by atoms with Gasteiger partial charge in [-0.2, -0.15) is 0 Å². The number of methoxy groups -OCH3 is 1. The van der Waals surface area contributed by atoms with Gasteiger partial charge in [0.1, 0.15) is 11.1 Å². The molecule has 1 heterocycles. The molecule has 4 heteroatoms. The molecule has 0 aliphatic heterocycles. The standard InChI is InChI=1S/C16H30N2OS/c1-10(2)13-12(9-17-11(3)4)20-15(18-13)14(19-8)16(5,6)7/h10-11,14,17H,9H2,1-8H3. The van der Waals surface area contributed by atoms with Crippen molar-refractivity contribution in [1.82, 2.24) is 10.3 Å². The van der Waals surface area contributed by atoms with Crippen LogP contribution in [0.1, 0.15) is 76.1 Å². The van der Waals surface area contributed by atoms with Crippen LogP contribution in [0.3, 0.4) is 0 Å². The molecule has 0 fully saturated rings. The van der Waals surface area contributed by atoms with Crippen molar-refractivity contribution in [2.24, 2.45) is 5.41 Å². The zero-order chi connectivity index (χ0) is 15.5. The molecule has 0 aromatic carbocycles. The van der Waals surface area contributed by atoms with E-state index < -0.39 is 0 Å². The van der Waals surface area contributed by atoms with Crippen LogP contribution < -0.4 is 5.32 Å². The summed E-state index contributed by atoms with van der Waals surface area (Å²) in [4.78, 5) is 6.22. The van der Waals surface area contributed by atoms with Crippen molar-refractivity contribution >= 4 is 11.3 Å². The van der Waals surface area contributed by atoms with Gasteiger partial charge in [-0.1, -0.05) is 48.5 Å². The topological polar surface area (TPSA) is 34.1 Å². The van der Waals surface area contributed by atoms with Crippen LogP contribution in [-0.2, 0) is 11.3 Å². The maximum atomic E-state index is 5.70. The Morgan fingerprint density at radius 3 is 2.20 bits per heavy atom. The summed E-state index contributed by atoms with van der Waals surface area (Å²) >= 11 is 1.79. The molecule has 0 bridgehead atoms. The summed E-state index contributed by atoms with van der Waals surface area (Å²) in [5.41, 5.74) is 1.27. The SMILES string of the molecule is COC(c1nc(C(C)C)c(CNC(C)C)s1)C(C)(C)C. The predicted octanol–water partition coefficient (Wildman–Crippen LogP) is 4.50. The van der Waals surface area contributed by atoms with Gasteiger partial charge in [-0.05, 0) is 11.3 Å². The van der Waals surface area contributed by atoms with Crippen LogP contribution in [0.2, 0.25) is 0 Å². The molecule has 0 saturated heterocycles. The van der Waals surface area contributed by atoms with Crippen LogP contribution in [0, 0.1) is 5.41 Å². The molecule has 1 rings (SSSR count). The molecule has 20 heavy (non-hydrogen) atoms. The Kier molecular flexibility index (Phi) is 6.17. The van der Waals surface area contributed by atoms with E-state index in [1.807, 2.05) is 0 Å². The third-order valence-electron chi connectivity index (χ3n) is 3.21. The number of ether oxygens (including phenoxy) is 1. The van der Waals surface area contributed by atoms with Gasteiger partial charge >= 0.3 is 0 Å². The minimum absolute atomic E-state index is 0.0535. The van der Waals surface area contributed by atoms with Gasteiger partial charge in [0.2, 0.25) is 0 Å². The van der Waals surface area contributed by atoms with E-state index in [4.69, 9.17) is 9.72 Å². The second-order valence-electron chi connectivity index (χ2n) is 7.03. The minimum Gasteiger partial charge on any atom is -0.374 e. The van der Waals surface area contributed by atoms with E-state index in [-0.39, 0.29) is 11.5 Å². The van der Waals surface area contributed by atoms with Crippen molar-refractivity contribution in [3.63, 3.8) is 0 Å². The first-order valence-corrected chi connectivity index (χ1v) is 8.24. The van der Waals surface area contributed by atoms with Gasteiger partial charge in [-0.15, -0.1) is 11.3 Å². The molecule has 0 saturated carbocycles. The van der Waals surface area contributed by atoms with Crippen molar-refractivity contribution in [3.05, 3.63) is 15.6 Å². The van der Waals surface area contributed by atoms with Crippen LogP contribution >= 0.6 is 11.3 Å². The molecule has 1 N–H and O–H groups in total. The minimum atomic E-state index is 0.0535. The number of thiazole rings is 1. The first kappa shape index (κ1) is 17.6. The molecule has 0 radical (unpaired) electrons. The van der Waals surface area contributed by atoms with E-state index in [2.05, 4.69) is 53.8 Å². The van der Waals surface area contributed by atoms with E-state index in [1.165, 1.54) is 10.6 Å². The molecule has 0 amide bonds. The van der Waals surface area contributed by atoms with Crippen LogP contribution in [0.15, 0.2) is 0 Å². The number of hydrogen-bond acceptors (Lipinski definition) is 4. The number of aromatic nitrogens is 1. The van der Waals surface area contributed by atoms with Gasteiger partial charge in [-0.3, -0.25) is 0 Å². The van der Waals surface area contributed by atoms with E-state index >= 15 is 0 Å². The molecule has 1 atom stereocenters. The molecule has 0 aliphatic carbocycles. The summed E-state index contributed by atoms with van der Waals surface area (Å²) < 4.78 is 5.70. The van der Waals surface area contributed by atoms with Gasteiger partial charge in [0.15, 0.2) is 0 Å². The number of nitrogens with one attached hydrogen (secondary N) is 1. The van der Waals surface area contributed by atoms with Gasteiger partial charge in [-0.25, -0.2) is 4.98 Å². The van der Waals surface area contributed by atoms with Crippen LogP contribution in [0.5, 0.6) is 0 Å². The van der Waals surface area contributed by atoms with Crippen LogP contribution in [-0.4, -0.2) is 18.1 Å². The molecule has 116 valence electrons. The van der Waals surface area contributed by atoms with Crippen molar-refractivity contribution in [1.29, 1.82) is 0 Å². The fourth-order valence-electron chi connectivity index (χ4n) is 2.19. The average molecular weight is 298 g/mol. The summed E-state index contributed by atoms with van der Waals surface area (Å²) in [6.45, 7) is 16.2. The molecular formula is C16H30N2OS. The molecule has 3 nitrogen and oxygen atoms in total. The summed E-state index contributed by atoms with van der Waals surface area (Å²) in [5, 5.41) is 4.60. The summed E-state index contributed by atoms with van der Waals surface area (Å²) in [6, 6.07) is 0.487. The Morgan fingerprint density at radius 2 is 1.80 bits per heavy atom. The van der Waals surface area contributed by atoms with Crippen LogP contribution in [0.4, 0.5) is 0 Å². The Hall–Kier alpha value is -0.450. The Balaban J connectivity index is 3.07. The van der Waals surface area contributed by atoms with Gasteiger partial charge < -0.3 is 10.1 Å². The normalized spacial score (nSPS) is 14.3. The Labute approximate surface area is 128 Å². The average Bonchev–Trinajstić information content (AvgIpc) is 2.69. The van der Waals surface area contributed by atoms with Gasteiger partial charge in [0.25, 0.3) is 0 Å². The molecular weight excluding hydrogens is 268 g/mol. The second kappa shape index (κ2) is 7.01. The second-order valence-corrected chi connectivity index (χ2v) is 8.15. The number of nitrogens with zero attached hydrogens (tertiary/aromatic N) is 1. The predicted molar refractivity (Wildman–Crippen MR) is 87.4 cm³/mol. The molecule has 0 spiro atoms. The van der Waals surface area contributed by atoms with E-state index in [9.17, 15) is 0 Å². The quantitative estimate of drug-likeness (QED) is 0.839. The highest BCUT2D eigenvalue weighted by Gasteiger charge is 2.30. The highest BCUT2D eigenvalue weighted by Crippen LogP contribution is 2.39.